The SMILES string of the molecule is Cc1ccc(NCc2nnc(SCC(=O)N/N=C\c3ccccn3)n2-c2ccccc2)cc1. The standard InChI is InChI=1S/C24H23N7OS/c1-18-10-12-19(13-11-18)26-16-22-28-30-24(31(22)21-8-3-2-4-9-21)33-17-23(32)29-27-15-20-7-5-6-14-25-20/h2-15,26H,16-17H2,1H3,(H,29,32)/b27-15-. The number of pyridine rings is 1. The molecule has 0 aliphatic rings. The lowest BCUT2D eigenvalue weighted by Gasteiger charge is -2.11. The summed E-state index contributed by atoms with van der Waals surface area (Å²) in [5.41, 5.74) is 6.32. The number of hydrogen-bond acceptors (Lipinski definition) is 7. The monoisotopic (exact) mass is 457 g/mol. The number of thioether (sulfide) groups is 1. The highest BCUT2D eigenvalue weighted by Crippen LogP contribution is 2.22. The Balaban J connectivity index is 1.43. The molecule has 8 nitrogen and oxygen atoms in total. The largest absolute Gasteiger partial charge is 0.378 e. The molecule has 0 bridgehead atoms. The second-order valence-corrected chi connectivity index (χ2v) is 8.07. The van der Waals surface area contributed by atoms with Crippen LogP contribution in [0.5, 0.6) is 0 Å². The Kier molecular flexibility index (Phi) is 7.44. The molecule has 4 rings (SSSR count). The molecular weight excluding hydrogens is 434 g/mol. The molecule has 0 unspecified atom stereocenters. The summed E-state index contributed by atoms with van der Waals surface area (Å²) in [6.07, 6.45) is 3.17. The summed E-state index contributed by atoms with van der Waals surface area (Å²) in [5, 5.41) is 16.7. The van der Waals surface area contributed by atoms with Gasteiger partial charge in [-0.2, -0.15) is 5.10 Å². The Morgan fingerprint density at radius 2 is 1.82 bits per heavy atom. The Morgan fingerprint density at radius 3 is 2.58 bits per heavy atom. The fourth-order valence-corrected chi connectivity index (χ4v) is 3.75. The van der Waals surface area contributed by atoms with E-state index in [-0.39, 0.29) is 11.7 Å². The predicted octanol–water partition coefficient (Wildman–Crippen LogP) is 3.83. The van der Waals surface area contributed by atoms with Crippen LogP contribution in [-0.4, -0.2) is 37.6 Å². The first-order chi connectivity index (χ1) is 16.2. The van der Waals surface area contributed by atoms with Crippen LogP contribution in [0.25, 0.3) is 5.69 Å². The highest BCUT2D eigenvalue weighted by Gasteiger charge is 2.15. The number of aromatic nitrogens is 4. The van der Waals surface area contributed by atoms with Crippen LogP contribution >= 0.6 is 11.8 Å². The number of aryl methyl sites for hydroxylation is 1. The third kappa shape index (κ3) is 6.27. The van der Waals surface area contributed by atoms with Crippen LogP contribution in [0.4, 0.5) is 5.69 Å². The van der Waals surface area contributed by atoms with Gasteiger partial charge in [-0.15, -0.1) is 10.2 Å². The van der Waals surface area contributed by atoms with Gasteiger partial charge < -0.3 is 5.32 Å². The first-order valence-corrected chi connectivity index (χ1v) is 11.3. The van der Waals surface area contributed by atoms with Crippen molar-refractivity contribution < 1.29 is 4.79 Å². The lowest BCUT2D eigenvalue weighted by Crippen LogP contribution is -2.20. The number of para-hydroxylation sites is 1. The van der Waals surface area contributed by atoms with Crippen LogP contribution in [0.15, 0.2) is 89.3 Å². The number of hydrazone groups is 1. The molecule has 1 amide bonds. The summed E-state index contributed by atoms with van der Waals surface area (Å²) in [4.78, 5) is 16.4. The number of benzene rings is 2. The molecule has 0 saturated heterocycles. The van der Waals surface area contributed by atoms with Crippen LogP contribution in [0.3, 0.4) is 0 Å². The summed E-state index contributed by atoms with van der Waals surface area (Å²) in [7, 11) is 0. The van der Waals surface area contributed by atoms with Gasteiger partial charge in [0, 0.05) is 17.6 Å². The smallest absolute Gasteiger partial charge is 0.250 e. The highest BCUT2D eigenvalue weighted by molar-refractivity contribution is 7.99. The first kappa shape index (κ1) is 22.2. The van der Waals surface area contributed by atoms with Gasteiger partial charge in [-0.3, -0.25) is 14.3 Å². The zero-order valence-corrected chi connectivity index (χ0v) is 18.9. The zero-order chi connectivity index (χ0) is 22.9. The minimum absolute atomic E-state index is 0.149. The number of nitrogens with zero attached hydrogens (tertiary/aromatic N) is 5. The van der Waals surface area contributed by atoms with Crippen molar-refractivity contribution in [3.63, 3.8) is 0 Å². The van der Waals surface area contributed by atoms with Gasteiger partial charge in [0.1, 0.15) is 0 Å². The molecule has 0 fully saturated rings. The van der Waals surface area contributed by atoms with E-state index in [9.17, 15) is 4.79 Å². The van der Waals surface area contributed by atoms with Gasteiger partial charge in [-0.1, -0.05) is 53.7 Å². The van der Waals surface area contributed by atoms with Gasteiger partial charge in [0.25, 0.3) is 5.91 Å². The fourth-order valence-electron chi connectivity index (χ4n) is 2.98. The van der Waals surface area contributed by atoms with Crippen LogP contribution in [0, 0.1) is 6.92 Å². The van der Waals surface area contributed by atoms with E-state index in [0.717, 1.165) is 17.2 Å². The molecule has 0 aliphatic heterocycles. The van der Waals surface area contributed by atoms with E-state index in [4.69, 9.17) is 0 Å². The van der Waals surface area contributed by atoms with Crippen molar-refractivity contribution >= 4 is 29.6 Å². The summed E-state index contributed by atoms with van der Waals surface area (Å²) >= 11 is 1.30. The molecule has 0 saturated carbocycles. The minimum atomic E-state index is -0.242. The molecule has 2 heterocycles. The average Bonchev–Trinajstić information content (AvgIpc) is 3.26. The Morgan fingerprint density at radius 1 is 1.03 bits per heavy atom. The molecule has 33 heavy (non-hydrogen) atoms. The minimum Gasteiger partial charge on any atom is -0.378 e. The maximum Gasteiger partial charge on any atom is 0.250 e. The van der Waals surface area contributed by atoms with Gasteiger partial charge in [-0.25, -0.2) is 5.43 Å². The topological polar surface area (TPSA) is 97.1 Å². The summed E-state index contributed by atoms with van der Waals surface area (Å²) < 4.78 is 1.95. The number of nitrogens with one attached hydrogen (secondary N) is 2. The normalized spacial score (nSPS) is 10.9. The van der Waals surface area contributed by atoms with Crippen molar-refractivity contribution in [2.24, 2.45) is 5.10 Å². The van der Waals surface area contributed by atoms with E-state index in [1.807, 2.05) is 59.2 Å². The van der Waals surface area contributed by atoms with E-state index in [0.29, 0.717) is 17.4 Å². The quantitative estimate of drug-likeness (QED) is 0.225. The second kappa shape index (κ2) is 11.1. The van der Waals surface area contributed by atoms with Crippen LogP contribution < -0.4 is 10.7 Å². The molecule has 0 aliphatic carbocycles. The summed E-state index contributed by atoms with van der Waals surface area (Å²) in [5.74, 6) is 0.655. The van der Waals surface area contributed by atoms with E-state index in [1.165, 1.54) is 23.5 Å². The maximum atomic E-state index is 12.3. The lowest BCUT2D eigenvalue weighted by molar-refractivity contribution is -0.118. The van der Waals surface area contributed by atoms with E-state index < -0.39 is 0 Å². The van der Waals surface area contributed by atoms with Crippen molar-refractivity contribution in [3.05, 3.63) is 96.1 Å². The number of rotatable bonds is 9. The molecular formula is C24H23N7OS. The van der Waals surface area contributed by atoms with Crippen molar-refractivity contribution in [2.45, 2.75) is 18.6 Å². The van der Waals surface area contributed by atoms with Gasteiger partial charge >= 0.3 is 0 Å². The molecule has 0 atom stereocenters. The molecule has 0 spiro atoms. The van der Waals surface area contributed by atoms with E-state index in [2.05, 4.69) is 50.1 Å². The number of carbonyl (C=O) groups excluding carboxylic acids is 1. The molecule has 9 heteroatoms. The van der Waals surface area contributed by atoms with Crippen LogP contribution in [0.2, 0.25) is 0 Å². The maximum absolute atomic E-state index is 12.3. The predicted molar refractivity (Wildman–Crippen MR) is 131 cm³/mol. The lowest BCUT2D eigenvalue weighted by atomic mass is 10.2. The average molecular weight is 458 g/mol. The molecule has 166 valence electrons. The molecule has 2 aromatic carbocycles. The Bertz CT molecular complexity index is 1210. The van der Waals surface area contributed by atoms with E-state index in [1.54, 1.807) is 12.3 Å². The first-order valence-electron chi connectivity index (χ1n) is 10.3. The Labute approximate surface area is 196 Å². The summed E-state index contributed by atoms with van der Waals surface area (Å²) in [6, 6.07) is 23.5. The summed E-state index contributed by atoms with van der Waals surface area (Å²) in [6.45, 7) is 2.55. The van der Waals surface area contributed by atoms with E-state index >= 15 is 0 Å². The van der Waals surface area contributed by atoms with Crippen LogP contribution in [0.1, 0.15) is 17.1 Å². The third-order valence-electron chi connectivity index (χ3n) is 4.62. The van der Waals surface area contributed by atoms with Crippen LogP contribution in [-0.2, 0) is 11.3 Å². The number of carbonyl (C=O) groups is 1. The van der Waals surface area contributed by atoms with Gasteiger partial charge in [0.05, 0.1) is 24.2 Å². The molecule has 2 N–H and O–H groups in total. The Hall–Kier alpha value is -3.98. The fraction of sp³-hybridized carbons (Fsp3) is 0.125. The van der Waals surface area contributed by atoms with Gasteiger partial charge in [-0.05, 0) is 43.3 Å². The molecule has 2 aromatic heterocycles. The van der Waals surface area contributed by atoms with Crippen molar-refractivity contribution in [1.29, 1.82) is 0 Å². The van der Waals surface area contributed by atoms with Crippen molar-refractivity contribution in [2.75, 3.05) is 11.1 Å². The van der Waals surface area contributed by atoms with Crippen molar-refractivity contribution in [1.82, 2.24) is 25.2 Å². The molecule has 0 radical (unpaired) electrons. The second-order valence-electron chi connectivity index (χ2n) is 7.13. The number of amides is 1. The van der Waals surface area contributed by atoms with Gasteiger partial charge in [0.15, 0.2) is 11.0 Å². The zero-order valence-electron chi connectivity index (χ0n) is 18.0. The van der Waals surface area contributed by atoms with Crippen molar-refractivity contribution in [3.8, 4) is 5.69 Å². The highest BCUT2D eigenvalue weighted by atomic mass is 32.2. The number of hydrogen-bond donors (Lipinski definition) is 2. The number of anilines is 1. The molecule has 4 aromatic rings. The van der Waals surface area contributed by atoms with Gasteiger partial charge in [0.2, 0.25) is 0 Å². The third-order valence-corrected chi connectivity index (χ3v) is 5.55.